The molecule has 1 amide bonds. The number of nitrogens with zero attached hydrogens (tertiary/aromatic N) is 2. The number of non-ortho nitro benzene ring substituents is 1. The van der Waals surface area contributed by atoms with Crippen molar-refractivity contribution in [2.24, 2.45) is 4.99 Å². The summed E-state index contributed by atoms with van der Waals surface area (Å²) < 4.78 is 0. The Hall–Kier alpha value is -2.64. The minimum absolute atomic E-state index is 0.0543. The van der Waals surface area contributed by atoms with Crippen molar-refractivity contribution in [3.05, 3.63) is 39.9 Å². The van der Waals surface area contributed by atoms with E-state index in [4.69, 9.17) is 0 Å². The molecule has 8 nitrogen and oxygen atoms in total. The molecule has 0 spiro atoms. The molecule has 0 bridgehead atoms. The van der Waals surface area contributed by atoms with Crippen molar-refractivity contribution >= 4 is 17.6 Å². The average Bonchev–Trinajstić information content (AvgIpc) is 2.89. The standard InChI is InChI=1S/C10H11N5O3/c16-9(13-14-10-11-5-6-12-10)7-1-3-8(4-2-7)15(17)18/h1-4H,5-6H2,(H,13,16)(H2,11,12,14). The number of hydrazine groups is 1. The highest BCUT2D eigenvalue weighted by Crippen LogP contribution is 2.11. The highest BCUT2D eigenvalue weighted by Gasteiger charge is 2.10. The summed E-state index contributed by atoms with van der Waals surface area (Å²) in [6.45, 7) is 1.39. The molecular formula is C10H11N5O3. The molecule has 1 aliphatic heterocycles. The van der Waals surface area contributed by atoms with Crippen LogP contribution in [0.4, 0.5) is 5.69 Å². The monoisotopic (exact) mass is 249 g/mol. The highest BCUT2D eigenvalue weighted by molar-refractivity contribution is 5.96. The van der Waals surface area contributed by atoms with Gasteiger partial charge in [-0.05, 0) is 12.1 Å². The van der Waals surface area contributed by atoms with Gasteiger partial charge in [-0.1, -0.05) is 0 Å². The first-order valence-electron chi connectivity index (χ1n) is 5.26. The van der Waals surface area contributed by atoms with Crippen LogP contribution in [-0.4, -0.2) is 29.9 Å². The molecule has 94 valence electrons. The minimum Gasteiger partial charge on any atom is -0.353 e. The molecular weight excluding hydrogens is 238 g/mol. The maximum absolute atomic E-state index is 11.7. The molecule has 0 fully saturated rings. The van der Waals surface area contributed by atoms with Crippen LogP contribution in [-0.2, 0) is 0 Å². The summed E-state index contributed by atoms with van der Waals surface area (Å²) in [6, 6.07) is 5.33. The zero-order valence-electron chi connectivity index (χ0n) is 9.34. The van der Waals surface area contributed by atoms with Crippen molar-refractivity contribution in [2.75, 3.05) is 13.1 Å². The fourth-order valence-corrected chi connectivity index (χ4v) is 1.40. The number of aliphatic imine (C=N–C) groups is 1. The van der Waals surface area contributed by atoms with Crippen LogP contribution in [0.1, 0.15) is 10.4 Å². The highest BCUT2D eigenvalue weighted by atomic mass is 16.6. The Morgan fingerprint density at radius 1 is 1.39 bits per heavy atom. The summed E-state index contributed by atoms with van der Waals surface area (Å²) in [5.74, 6) is 0.117. The Kier molecular flexibility index (Phi) is 3.37. The van der Waals surface area contributed by atoms with Gasteiger partial charge in [0, 0.05) is 24.2 Å². The lowest BCUT2D eigenvalue weighted by Crippen LogP contribution is -2.46. The van der Waals surface area contributed by atoms with E-state index in [2.05, 4.69) is 21.2 Å². The number of hydrogen-bond acceptors (Lipinski definition) is 6. The molecule has 1 aromatic carbocycles. The Bertz CT molecular complexity index is 497. The summed E-state index contributed by atoms with van der Waals surface area (Å²) >= 11 is 0. The van der Waals surface area contributed by atoms with Crippen LogP contribution in [0.2, 0.25) is 0 Å². The summed E-state index contributed by atoms with van der Waals surface area (Å²) in [4.78, 5) is 25.6. The van der Waals surface area contributed by atoms with E-state index in [1.807, 2.05) is 0 Å². The first-order chi connectivity index (χ1) is 8.66. The van der Waals surface area contributed by atoms with Gasteiger partial charge in [0.15, 0.2) is 0 Å². The molecule has 2 rings (SSSR count). The number of nitrogens with one attached hydrogen (secondary N) is 3. The molecule has 1 aliphatic rings. The van der Waals surface area contributed by atoms with Gasteiger partial charge in [0.2, 0.25) is 5.96 Å². The normalized spacial score (nSPS) is 13.4. The van der Waals surface area contributed by atoms with Crippen molar-refractivity contribution in [3.8, 4) is 0 Å². The Morgan fingerprint density at radius 2 is 2.11 bits per heavy atom. The Balaban J connectivity index is 1.94. The Labute approximate surface area is 102 Å². The van der Waals surface area contributed by atoms with Crippen molar-refractivity contribution in [2.45, 2.75) is 0 Å². The topological polar surface area (TPSA) is 109 Å². The van der Waals surface area contributed by atoms with Crippen molar-refractivity contribution in [1.29, 1.82) is 0 Å². The van der Waals surface area contributed by atoms with Crippen LogP contribution in [0.25, 0.3) is 0 Å². The summed E-state index contributed by atoms with van der Waals surface area (Å²) in [6.07, 6.45) is 0. The molecule has 1 aromatic rings. The quantitative estimate of drug-likeness (QED) is 0.496. The lowest BCUT2D eigenvalue weighted by atomic mass is 10.2. The number of benzene rings is 1. The number of carbonyl (C=O) groups excluding carboxylic acids is 1. The van der Waals surface area contributed by atoms with Crippen LogP contribution in [0, 0.1) is 10.1 Å². The van der Waals surface area contributed by atoms with Crippen LogP contribution >= 0.6 is 0 Å². The maximum Gasteiger partial charge on any atom is 0.269 e. The molecule has 18 heavy (non-hydrogen) atoms. The molecule has 0 aliphatic carbocycles. The lowest BCUT2D eigenvalue weighted by molar-refractivity contribution is -0.384. The van der Waals surface area contributed by atoms with Gasteiger partial charge in [0.05, 0.1) is 11.5 Å². The first kappa shape index (κ1) is 11.8. The van der Waals surface area contributed by atoms with Gasteiger partial charge < -0.3 is 5.32 Å². The van der Waals surface area contributed by atoms with E-state index >= 15 is 0 Å². The maximum atomic E-state index is 11.7. The molecule has 8 heteroatoms. The number of hydrogen-bond donors (Lipinski definition) is 3. The summed E-state index contributed by atoms with van der Waals surface area (Å²) in [7, 11) is 0. The molecule has 0 saturated heterocycles. The zero-order valence-corrected chi connectivity index (χ0v) is 9.34. The number of rotatable bonds is 2. The predicted octanol–water partition coefficient (Wildman–Crippen LogP) is -0.212. The van der Waals surface area contributed by atoms with E-state index in [9.17, 15) is 14.9 Å². The molecule has 1 heterocycles. The van der Waals surface area contributed by atoms with Crippen LogP contribution in [0.3, 0.4) is 0 Å². The van der Waals surface area contributed by atoms with Crippen LogP contribution < -0.4 is 16.2 Å². The summed E-state index contributed by atoms with van der Waals surface area (Å²) in [5, 5.41) is 13.4. The second-order valence-corrected chi connectivity index (χ2v) is 3.54. The van der Waals surface area contributed by atoms with Crippen molar-refractivity contribution in [1.82, 2.24) is 16.2 Å². The molecule has 0 unspecified atom stereocenters. The number of carbonyl (C=O) groups is 1. The lowest BCUT2D eigenvalue weighted by Gasteiger charge is -2.08. The fraction of sp³-hybridized carbons (Fsp3) is 0.200. The van der Waals surface area contributed by atoms with Crippen LogP contribution in [0.15, 0.2) is 29.3 Å². The number of amides is 1. The third-order valence-electron chi connectivity index (χ3n) is 2.31. The van der Waals surface area contributed by atoms with Crippen LogP contribution in [0.5, 0.6) is 0 Å². The molecule has 3 N–H and O–H groups in total. The van der Waals surface area contributed by atoms with Gasteiger partial charge in [-0.3, -0.25) is 30.8 Å². The number of nitro benzene ring substituents is 1. The predicted molar refractivity (Wildman–Crippen MR) is 64.0 cm³/mol. The Morgan fingerprint density at radius 3 is 2.67 bits per heavy atom. The smallest absolute Gasteiger partial charge is 0.269 e. The van der Waals surface area contributed by atoms with Gasteiger partial charge >= 0.3 is 0 Å². The van der Waals surface area contributed by atoms with E-state index < -0.39 is 4.92 Å². The summed E-state index contributed by atoms with van der Waals surface area (Å²) in [5.41, 5.74) is 5.33. The van der Waals surface area contributed by atoms with E-state index in [1.54, 1.807) is 0 Å². The number of guanidine groups is 1. The second-order valence-electron chi connectivity index (χ2n) is 3.54. The average molecular weight is 249 g/mol. The van der Waals surface area contributed by atoms with E-state index in [-0.39, 0.29) is 11.6 Å². The largest absolute Gasteiger partial charge is 0.353 e. The van der Waals surface area contributed by atoms with Gasteiger partial charge in [0.25, 0.3) is 11.6 Å². The van der Waals surface area contributed by atoms with E-state index in [0.717, 1.165) is 6.54 Å². The first-order valence-corrected chi connectivity index (χ1v) is 5.26. The van der Waals surface area contributed by atoms with Gasteiger partial charge in [0.1, 0.15) is 0 Å². The fourth-order valence-electron chi connectivity index (χ4n) is 1.40. The van der Waals surface area contributed by atoms with Gasteiger partial charge in [-0.25, -0.2) is 0 Å². The van der Waals surface area contributed by atoms with E-state index in [0.29, 0.717) is 18.1 Å². The molecule has 0 radical (unpaired) electrons. The minimum atomic E-state index is -0.517. The SMILES string of the molecule is O=C(NNC1=NCCN1)c1ccc([N+](=O)[O-])cc1. The van der Waals surface area contributed by atoms with Crippen molar-refractivity contribution in [3.63, 3.8) is 0 Å². The third kappa shape index (κ3) is 2.73. The van der Waals surface area contributed by atoms with Gasteiger partial charge in [-0.2, -0.15) is 0 Å². The second kappa shape index (κ2) is 5.13. The number of nitro groups is 1. The molecule has 0 saturated carbocycles. The van der Waals surface area contributed by atoms with Crippen molar-refractivity contribution < 1.29 is 9.72 Å². The van der Waals surface area contributed by atoms with Gasteiger partial charge in [-0.15, -0.1) is 0 Å². The third-order valence-corrected chi connectivity index (χ3v) is 2.31. The zero-order chi connectivity index (χ0) is 13.0. The van der Waals surface area contributed by atoms with E-state index in [1.165, 1.54) is 24.3 Å². The molecule has 0 atom stereocenters. The molecule has 0 aromatic heterocycles.